The Morgan fingerprint density at radius 2 is 1.79 bits per heavy atom. The number of benzene rings is 1. The molecule has 0 bridgehead atoms. The summed E-state index contributed by atoms with van der Waals surface area (Å²) in [6.45, 7) is 3.79. The molecule has 1 heterocycles. The lowest BCUT2D eigenvalue weighted by Crippen LogP contribution is -2.39. The highest BCUT2D eigenvalue weighted by molar-refractivity contribution is 7.90. The molecule has 6 heteroatoms. The van der Waals surface area contributed by atoms with Crippen LogP contribution in [0.2, 0.25) is 0 Å². The van der Waals surface area contributed by atoms with E-state index in [1.54, 1.807) is 26.1 Å². The van der Waals surface area contributed by atoms with E-state index in [4.69, 9.17) is 4.42 Å². The van der Waals surface area contributed by atoms with Gasteiger partial charge in [-0.2, -0.15) is 0 Å². The zero-order valence-corrected chi connectivity index (χ0v) is 15.3. The first kappa shape index (κ1) is 18.3. The Morgan fingerprint density at radius 3 is 2.33 bits per heavy atom. The van der Waals surface area contributed by atoms with Crippen LogP contribution in [0.1, 0.15) is 30.0 Å². The van der Waals surface area contributed by atoms with E-state index in [2.05, 4.69) is 6.92 Å². The van der Waals surface area contributed by atoms with Gasteiger partial charge in [-0.05, 0) is 31.0 Å². The molecular weight excluding hydrogens is 326 g/mol. The van der Waals surface area contributed by atoms with Gasteiger partial charge in [0.2, 0.25) is 0 Å². The van der Waals surface area contributed by atoms with E-state index >= 15 is 0 Å². The van der Waals surface area contributed by atoms with Crippen molar-refractivity contribution in [3.63, 3.8) is 0 Å². The van der Waals surface area contributed by atoms with Crippen LogP contribution in [0.15, 0.2) is 40.8 Å². The molecule has 24 heavy (non-hydrogen) atoms. The van der Waals surface area contributed by atoms with Crippen molar-refractivity contribution in [3.8, 4) is 11.3 Å². The lowest BCUT2D eigenvalue weighted by molar-refractivity contribution is 0.0725. The molecule has 5 nitrogen and oxygen atoms in total. The highest BCUT2D eigenvalue weighted by Gasteiger charge is 2.23. The number of rotatable bonds is 6. The Bertz CT molecular complexity index is 806. The van der Waals surface area contributed by atoms with Crippen molar-refractivity contribution < 1.29 is 17.6 Å². The van der Waals surface area contributed by atoms with E-state index in [-0.39, 0.29) is 17.4 Å². The van der Waals surface area contributed by atoms with Gasteiger partial charge in [0.15, 0.2) is 5.76 Å². The number of hydrogen-bond donors (Lipinski definition) is 0. The molecule has 130 valence electrons. The summed E-state index contributed by atoms with van der Waals surface area (Å²) in [6, 6.07) is 10.9. The van der Waals surface area contributed by atoms with Crippen molar-refractivity contribution >= 4 is 15.7 Å². The predicted molar refractivity (Wildman–Crippen MR) is 94.8 cm³/mol. The average molecular weight is 349 g/mol. The molecule has 2 rings (SSSR count). The molecule has 0 saturated heterocycles. The molecule has 1 aromatic carbocycles. The third-order valence-electron chi connectivity index (χ3n) is 3.99. The molecule has 0 N–H and O–H groups in total. The first-order valence-corrected chi connectivity index (χ1v) is 9.91. The summed E-state index contributed by atoms with van der Waals surface area (Å²) < 4.78 is 28.4. The third-order valence-corrected chi connectivity index (χ3v) is 5.08. The number of amides is 1. The molecule has 0 aliphatic rings. The monoisotopic (exact) mass is 349 g/mol. The molecule has 0 unspecified atom stereocenters. The smallest absolute Gasteiger partial charge is 0.289 e. The van der Waals surface area contributed by atoms with Gasteiger partial charge in [-0.1, -0.05) is 31.2 Å². The number of nitrogens with zero attached hydrogens (tertiary/aromatic N) is 1. The summed E-state index contributed by atoms with van der Waals surface area (Å²) in [6.07, 6.45) is 2.12. The van der Waals surface area contributed by atoms with E-state index in [0.29, 0.717) is 5.76 Å². The minimum atomic E-state index is -3.15. The summed E-state index contributed by atoms with van der Waals surface area (Å²) in [5.41, 5.74) is 2.13. The SMILES string of the molecule is CCc1ccc(-c2ccc(C(=O)N(C)[C@@H](C)CS(C)(=O)=O)o2)cc1. The molecule has 0 aliphatic carbocycles. The highest BCUT2D eigenvalue weighted by atomic mass is 32.2. The second kappa shape index (κ2) is 7.21. The standard InChI is InChI=1S/C18H23NO4S/c1-5-14-6-8-15(9-7-14)16-10-11-17(23-16)18(20)19(3)13(2)12-24(4,21)22/h6-11,13H,5,12H2,1-4H3/t13-/m0/s1. The number of aryl methyl sites for hydroxylation is 1. The van der Waals surface area contributed by atoms with Crippen molar-refractivity contribution in [2.75, 3.05) is 19.1 Å². The summed E-state index contributed by atoms with van der Waals surface area (Å²) in [4.78, 5) is 13.8. The van der Waals surface area contributed by atoms with Gasteiger partial charge < -0.3 is 9.32 Å². The van der Waals surface area contributed by atoms with Gasteiger partial charge >= 0.3 is 0 Å². The Morgan fingerprint density at radius 1 is 1.17 bits per heavy atom. The van der Waals surface area contributed by atoms with Gasteiger partial charge in [0.1, 0.15) is 15.6 Å². The van der Waals surface area contributed by atoms with Crippen LogP contribution in [0.25, 0.3) is 11.3 Å². The van der Waals surface area contributed by atoms with Gasteiger partial charge in [0.25, 0.3) is 5.91 Å². The number of hydrogen-bond acceptors (Lipinski definition) is 4. The second-order valence-electron chi connectivity index (χ2n) is 6.07. The first-order chi connectivity index (χ1) is 11.2. The molecule has 1 amide bonds. The van der Waals surface area contributed by atoms with E-state index in [9.17, 15) is 13.2 Å². The van der Waals surface area contributed by atoms with Crippen LogP contribution in [0.5, 0.6) is 0 Å². The van der Waals surface area contributed by atoms with Crippen LogP contribution in [0.4, 0.5) is 0 Å². The van der Waals surface area contributed by atoms with E-state index in [0.717, 1.165) is 18.2 Å². The number of furan rings is 1. The quantitative estimate of drug-likeness (QED) is 0.804. The fraction of sp³-hybridized carbons (Fsp3) is 0.389. The maximum atomic E-state index is 12.5. The van der Waals surface area contributed by atoms with E-state index in [1.165, 1.54) is 10.5 Å². The Balaban J connectivity index is 2.15. The molecule has 2 aromatic rings. The topological polar surface area (TPSA) is 67.6 Å². The number of carbonyl (C=O) groups excluding carboxylic acids is 1. The fourth-order valence-corrected chi connectivity index (χ4v) is 3.54. The lowest BCUT2D eigenvalue weighted by atomic mass is 10.1. The third kappa shape index (κ3) is 4.47. The van der Waals surface area contributed by atoms with Crippen molar-refractivity contribution in [3.05, 3.63) is 47.7 Å². The average Bonchev–Trinajstić information content (AvgIpc) is 3.01. The van der Waals surface area contributed by atoms with Crippen LogP contribution in [-0.2, 0) is 16.3 Å². The summed E-state index contributed by atoms with van der Waals surface area (Å²) >= 11 is 0. The van der Waals surface area contributed by atoms with Gasteiger partial charge in [-0.3, -0.25) is 4.79 Å². The van der Waals surface area contributed by atoms with Crippen LogP contribution in [0, 0.1) is 0 Å². The van der Waals surface area contributed by atoms with Gasteiger partial charge in [0.05, 0.1) is 5.75 Å². The zero-order chi connectivity index (χ0) is 17.9. The van der Waals surface area contributed by atoms with Crippen molar-refractivity contribution in [1.29, 1.82) is 0 Å². The number of carbonyl (C=O) groups is 1. The molecule has 0 saturated carbocycles. The summed E-state index contributed by atoms with van der Waals surface area (Å²) in [5.74, 6) is 0.404. The molecule has 0 spiro atoms. The van der Waals surface area contributed by atoms with Gasteiger partial charge in [0, 0.05) is 24.9 Å². The molecule has 0 radical (unpaired) electrons. The maximum absolute atomic E-state index is 12.5. The predicted octanol–water partition coefficient (Wildman–Crippen LogP) is 3.01. The van der Waals surface area contributed by atoms with Gasteiger partial charge in [-0.15, -0.1) is 0 Å². The van der Waals surface area contributed by atoms with Crippen LogP contribution < -0.4 is 0 Å². The normalized spacial score (nSPS) is 12.8. The second-order valence-corrected chi connectivity index (χ2v) is 8.26. The summed E-state index contributed by atoms with van der Waals surface area (Å²) in [5, 5.41) is 0. The van der Waals surface area contributed by atoms with Crippen molar-refractivity contribution in [2.24, 2.45) is 0 Å². The first-order valence-electron chi connectivity index (χ1n) is 7.85. The Labute approximate surface area is 143 Å². The Hall–Kier alpha value is -2.08. The molecular formula is C18H23NO4S. The summed E-state index contributed by atoms with van der Waals surface area (Å²) in [7, 11) is -1.57. The van der Waals surface area contributed by atoms with Crippen molar-refractivity contribution in [1.82, 2.24) is 4.90 Å². The molecule has 1 aromatic heterocycles. The number of sulfone groups is 1. The Kier molecular flexibility index (Phi) is 5.49. The van der Waals surface area contributed by atoms with Crippen LogP contribution >= 0.6 is 0 Å². The minimum absolute atomic E-state index is 0.0821. The fourth-order valence-electron chi connectivity index (χ4n) is 2.44. The maximum Gasteiger partial charge on any atom is 0.289 e. The molecule has 0 fully saturated rings. The zero-order valence-electron chi connectivity index (χ0n) is 14.4. The van der Waals surface area contributed by atoms with E-state index in [1.807, 2.05) is 24.3 Å². The van der Waals surface area contributed by atoms with Crippen molar-refractivity contribution in [2.45, 2.75) is 26.3 Å². The molecule has 1 atom stereocenters. The van der Waals surface area contributed by atoms with Crippen LogP contribution in [-0.4, -0.2) is 44.3 Å². The van der Waals surface area contributed by atoms with E-state index < -0.39 is 15.9 Å². The molecule has 0 aliphatic heterocycles. The largest absolute Gasteiger partial charge is 0.451 e. The lowest BCUT2D eigenvalue weighted by Gasteiger charge is -2.23. The minimum Gasteiger partial charge on any atom is -0.451 e. The highest BCUT2D eigenvalue weighted by Crippen LogP contribution is 2.23. The van der Waals surface area contributed by atoms with Crippen LogP contribution in [0.3, 0.4) is 0 Å². The van der Waals surface area contributed by atoms with Gasteiger partial charge in [-0.25, -0.2) is 8.42 Å².